The van der Waals surface area contributed by atoms with Crippen LogP contribution < -0.4 is 20.5 Å². The number of benzene rings is 1. The lowest BCUT2D eigenvalue weighted by atomic mass is 10.0. The standard InChI is InChI=1S/C20H21FN6O2/c1-26-19(28)10-16(15-5-6-22-12-24-15)25-20(26)27-8-7-23-17(11-27)14-9-13(21)3-4-18(14)29-2/h3-6,9-10,12,17,23H,7-8,11H2,1-2H3. The minimum atomic E-state index is -0.323. The van der Waals surface area contributed by atoms with E-state index in [1.807, 2.05) is 4.90 Å². The molecule has 29 heavy (non-hydrogen) atoms. The van der Waals surface area contributed by atoms with Crippen LogP contribution in [-0.2, 0) is 7.05 Å². The zero-order valence-corrected chi connectivity index (χ0v) is 16.2. The van der Waals surface area contributed by atoms with Gasteiger partial charge in [0, 0.05) is 44.5 Å². The van der Waals surface area contributed by atoms with Crippen molar-refractivity contribution < 1.29 is 9.13 Å². The molecule has 1 aliphatic rings. The maximum Gasteiger partial charge on any atom is 0.255 e. The van der Waals surface area contributed by atoms with E-state index in [4.69, 9.17) is 4.74 Å². The molecule has 1 aromatic carbocycles. The number of piperazine rings is 1. The predicted molar refractivity (Wildman–Crippen MR) is 106 cm³/mol. The van der Waals surface area contributed by atoms with Crippen LogP contribution in [0.5, 0.6) is 5.75 Å². The van der Waals surface area contributed by atoms with Crippen LogP contribution in [-0.4, -0.2) is 46.3 Å². The molecule has 1 atom stereocenters. The molecule has 1 aliphatic heterocycles. The Morgan fingerprint density at radius 3 is 2.86 bits per heavy atom. The third-order valence-electron chi connectivity index (χ3n) is 4.98. The fraction of sp³-hybridized carbons (Fsp3) is 0.300. The van der Waals surface area contributed by atoms with Crippen LogP contribution in [0.3, 0.4) is 0 Å². The van der Waals surface area contributed by atoms with Gasteiger partial charge in [0.15, 0.2) is 0 Å². The van der Waals surface area contributed by atoms with E-state index in [1.165, 1.54) is 29.1 Å². The van der Waals surface area contributed by atoms with E-state index < -0.39 is 0 Å². The number of hydrogen-bond acceptors (Lipinski definition) is 7. The van der Waals surface area contributed by atoms with Crippen LogP contribution in [0.4, 0.5) is 10.3 Å². The highest BCUT2D eigenvalue weighted by molar-refractivity contribution is 5.55. The molecule has 9 heteroatoms. The van der Waals surface area contributed by atoms with Crippen molar-refractivity contribution in [1.82, 2.24) is 24.8 Å². The summed E-state index contributed by atoms with van der Waals surface area (Å²) in [4.78, 5) is 27.3. The first-order valence-electron chi connectivity index (χ1n) is 9.23. The summed E-state index contributed by atoms with van der Waals surface area (Å²) < 4.78 is 20.8. The second-order valence-corrected chi connectivity index (χ2v) is 6.77. The number of nitrogens with zero attached hydrogens (tertiary/aromatic N) is 5. The molecular weight excluding hydrogens is 375 g/mol. The van der Waals surface area contributed by atoms with Crippen LogP contribution in [0.1, 0.15) is 11.6 Å². The van der Waals surface area contributed by atoms with Crippen LogP contribution >= 0.6 is 0 Å². The summed E-state index contributed by atoms with van der Waals surface area (Å²) in [6, 6.07) is 7.47. The van der Waals surface area contributed by atoms with Gasteiger partial charge < -0.3 is 15.0 Å². The van der Waals surface area contributed by atoms with Gasteiger partial charge in [0.05, 0.1) is 24.5 Å². The maximum absolute atomic E-state index is 13.8. The van der Waals surface area contributed by atoms with Crippen LogP contribution in [0.2, 0.25) is 0 Å². The quantitative estimate of drug-likeness (QED) is 0.716. The summed E-state index contributed by atoms with van der Waals surface area (Å²) in [5, 5.41) is 3.39. The molecule has 3 heterocycles. The zero-order chi connectivity index (χ0) is 20.4. The van der Waals surface area contributed by atoms with E-state index in [2.05, 4.69) is 20.3 Å². The average Bonchev–Trinajstić information content (AvgIpc) is 2.76. The lowest BCUT2D eigenvalue weighted by Crippen LogP contribution is -2.48. The van der Waals surface area contributed by atoms with Crippen molar-refractivity contribution in [2.24, 2.45) is 7.05 Å². The minimum absolute atomic E-state index is 0.172. The van der Waals surface area contributed by atoms with E-state index >= 15 is 0 Å². The van der Waals surface area contributed by atoms with Gasteiger partial charge in [-0.2, -0.15) is 0 Å². The normalized spacial score (nSPS) is 16.7. The molecule has 1 fully saturated rings. The molecule has 1 unspecified atom stereocenters. The smallest absolute Gasteiger partial charge is 0.255 e. The number of hydrogen-bond donors (Lipinski definition) is 1. The highest BCUT2D eigenvalue weighted by Crippen LogP contribution is 2.29. The molecule has 1 saturated heterocycles. The first-order chi connectivity index (χ1) is 14.1. The number of anilines is 1. The Balaban J connectivity index is 1.69. The molecule has 4 rings (SSSR count). The number of methoxy groups -OCH3 is 1. The molecule has 0 spiro atoms. The van der Waals surface area contributed by atoms with Gasteiger partial charge in [-0.05, 0) is 24.3 Å². The van der Waals surface area contributed by atoms with E-state index in [0.29, 0.717) is 42.7 Å². The number of nitrogens with one attached hydrogen (secondary N) is 1. The van der Waals surface area contributed by atoms with E-state index in [0.717, 1.165) is 5.56 Å². The molecule has 0 saturated carbocycles. The Bertz CT molecular complexity index is 1070. The van der Waals surface area contributed by atoms with Gasteiger partial charge in [0.2, 0.25) is 5.95 Å². The fourth-order valence-corrected chi connectivity index (χ4v) is 3.50. The average molecular weight is 396 g/mol. The molecule has 3 aromatic rings. The van der Waals surface area contributed by atoms with Gasteiger partial charge in [0.25, 0.3) is 5.56 Å². The van der Waals surface area contributed by atoms with Crippen molar-refractivity contribution in [3.63, 3.8) is 0 Å². The molecule has 0 bridgehead atoms. The van der Waals surface area contributed by atoms with E-state index in [-0.39, 0.29) is 17.4 Å². The number of ether oxygens (including phenoxy) is 1. The molecule has 0 radical (unpaired) electrons. The zero-order valence-electron chi connectivity index (χ0n) is 16.2. The van der Waals surface area contributed by atoms with Gasteiger partial charge in [-0.3, -0.25) is 9.36 Å². The molecule has 2 aromatic heterocycles. The second kappa shape index (κ2) is 7.96. The molecule has 0 aliphatic carbocycles. The number of halogens is 1. The Morgan fingerprint density at radius 2 is 2.10 bits per heavy atom. The lowest BCUT2D eigenvalue weighted by Gasteiger charge is -2.35. The number of rotatable bonds is 4. The van der Waals surface area contributed by atoms with Gasteiger partial charge in [-0.15, -0.1) is 0 Å². The van der Waals surface area contributed by atoms with Gasteiger partial charge in [-0.25, -0.2) is 19.3 Å². The topological polar surface area (TPSA) is 85.2 Å². The largest absolute Gasteiger partial charge is 0.496 e. The van der Waals surface area contributed by atoms with Crippen LogP contribution in [0.15, 0.2) is 47.7 Å². The SMILES string of the molecule is COc1ccc(F)cc1C1CN(c2nc(-c3ccncn3)cc(=O)n2C)CCN1. The predicted octanol–water partition coefficient (Wildman–Crippen LogP) is 1.54. The van der Waals surface area contributed by atoms with Crippen molar-refractivity contribution in [3.8, 4) is 17.1 Å². The first kappa shape index (κ1) is 19.0. The maximum atomic E-state index is 13.8. The molecule has 8 nitrogen and oxygen atoms in total. The molecular formula is C20H21FN6O2. The summed E-state index contributed by atoms with van der Waals surface area (Å²) in [7, 11) is 3.25. The number of aromatic nitrogens is 4. The van der Waals surface area contributed by atoms with Gasteiger partial charge in [0.1, 0.15) is 17.9 Å². The van der Waals surface area contributed by atoms with E-state index in [9.17, 15) is 9.18 Å². The van der Waals surface area contributed by atoms with Crippen LogP contribution in [0.25, 0.3) is 11.4 Å². The van der Waals surface area contributed by atoms with Crippen LogP contribution in [0, 0.1) is 5.82 Å². The minimum Gasteiger partial charge on any atom is -0.496 e. The van der Waals surface area contributed by atoms with Crippen molar-refractivity contribution in [3.05, 3.63) is 64.6 Å². The lowest BCUT2D eigenvalue weighted by molar-refractivity contribution is 0.389. The third kappa shape index (κ3) is 3.81. The van der Waals surface area contributed by atoms with Gasteiger partial charge >= 0.3 is 0 Å². The summed E-state index contributed by atoms with van der Waals surface area (Å²) >= 11 is 0. The molecule has 1 N–H and O–H groups in total. The summed E-state index contributed by atoms with van der Waals surface area (Å²) in [6.45, 7) is 1.81. The van der Waals surface area contributed by atoms with Crippen molar-refractivity contribution in [1.29, 1.82) is 0 Å². The molecule has 0 amide bonds. The fourth-order valence-electron chi connectivity index (χ4n) is 3.50. The Kier molecular flexibility index (Phi) is 5.22. The molecule has 150 valence electrons. The summed E-state index contributed by atoms with van der Waals surface area (Å²) in [5.41, 5.74) is 1.62. The third-order valence-corrected chi connectivity index (χ3v) is 4.98. The summed E-state index contributed by atoms with van der Waals surface area (Å²) in [5.74, 6) is 0.825. The van der Waals surface area contributed by atoms with Crippen molar-refractivity contribution >= 4 is 5.95 Å². The summed E-state index contributed by atoms with van der Waals surface area (Å²) in [6.07, 6.45) is 3.03. The highest BCUT2D eigenvalue weighted by Gasteiger charge is 2.26. The Hall–Kier alpha value is -3.33. The second-order valence-electron chi connectivity index (χ2n) is 6.77. The van der Waals surface area contributed by atoms with Gasteiger partial charge in [-0.1, -0.05) is 0 Å². The van der Waals surface area contributed by atoms with Crippen molar-refractivity contribution in [2.75, 3.05) is 31.6 Å². The Morgan fingerprint density at radius 1 is 1.24 bits per heavy atom. The van der Waals surface area contributed by atoms with E-state index in [1.54, 1.807) is 32.5 Å². The monoisotopic (exact) mass is 396 g/mol. The van der Waals surface area contributed by atoms with Crippen molar-refractivity contribution in [2.45, 2.75) is 6.04 Å². The first-order valence-corrected chi connectivity index (χ1v) is 9.23. The Labute approximate surface area is 167 Å². The highest BCUT2D eigenvalue weighted by atomic mass is 19.1.